The Hall–Kier alpha value is -0.350. The molecule has 0 bridgehead atoms. The molecule has 0 radical (unpaired) electrons. The number of likely N-dealkylation sites (N-methyl/N-ethyl adjacent to an activating group) is 1. The fourth-order valence-electron chi connectivity index (χ4n) is 2.15. The van der Waals surface area contributed by atoms with Crippen molar-refractivity contribution in [3.05, 3.63) is 16.6 Å². The highest BCUT2D eigenvalue weighted by molar-refractivity contribution is 9.10. The molecule has 4 heteroatoms. The molecule has 0 spiro atoms. The van der Waals surface area contributed by atoms with Crippen LogP contribution in [-0.4, -0.2) is 34.6 Å². The lowest BCUT2D eigenvalue weighted by atomic mass is 10.1. The second-order valence-electron chi connectivity index (χ2n) is 3.93. The average Bonchev–Trinajstić information content (AvgIpc) is 2.71. The Morgan fingerprint density at radius 3 is 3.00 bits per heavy atom. The van der Waals surface area contributed by atoms with E-state index in [4.69, 9.17) is 0 Å². The normalized spacial score (nSPS) is 23.2. The third-order valence-corrected chi connectivity index (χ3v) is 3.54. The zero-order valence-corrected chi connectivity index (χ0v) is 10.3. The van der Waals surface area contributed by atoms with Gasteiger partial charge in [0.05, 0.1) is 6.20 Å². The summed E-state index contributed by atoms with van der Waals surface area (Å²) in [5.74, 6) is 1.86. The largest absolute Gasteiger partial charge is 0.323 e. The molecule has 1 unspecified atom stereocenters. The van der Waals surface area contributed by atoms with Gasteiger partial charge in [-0.2, -0.15) is 0 Å². The van der Waals surface area contributed by atoms with Gasteiger partial charge in [0.1, 0.15) is 10.4 Å². The summed E-state index contributed by atoms with van der Waals surface area (Å²) < 4.78 is 3.36. The van der Waals surface area contributed by atoms with E-state index in [0.717, 1.165) is 17.7 Å². The smallest absolute Gasteiger partial charge is 0.113 e. The molecule has 1 aromatic rings. The van der Waals surface area contributed by atoms with Crippen molar-refractivity contribution < 1.29 is 0 Å². The van der Waals surface area contributed by atoms with Gasteiger partial charge >= 0.3 is 0 Å². The van der Waals surface area contributed by atoms with E-state index in [-0.39, 0.29) is 0 Å². The van der Waals surface area contributed by atoms with Crippen LogP contribution in [0.2, 0.25) is 0 Å². The van der Waals surface area contributed by atoms with E-state index in [2.05, 4.69) is 44.4 Å². The maximum absolute atomic E-state index is 4.49. The summed E-state index contributed by atoms with van der Waals surface area (Å²) in [4.78, 5) is 6.86. The molecule has 14 heavy (non-hydrogen) atoms. The van der Waals surface area contributed by atoms with E-state index in [1.165, 1.54) is 18.8 Å². The molecule has 1 aromatic heterocycles. The summed E-state index contributed by atoms with van der Waals surface area (Å²) >= 11 is 3.53. The van der Waals surface area contributed by atoms with Crippen molar-refractivity contribution in [2.75, 3.05) is 20.1 Å². The number of imidazole rings is 1. The van der Waals surface area contributed by atoms with Gasteiger partial charge in [-0.3, -0.25) is 0 Å². The predicted molar refractivity (Wildman–Crippen MR) is 60.5 cm³/mol. The number of aromatic nitrogens is 2. The molecule has 2 rings (SSSR count). The molecular formula is C10H16BrN3. The molecule has 78 valence electrons. The molecule has 0 N–H and O–H groups in total. The average molecular weight is 258 g/mol. The van der Waals surface area contributed by atoms with Crippen LogP contribution < -0.4 is 0 Å². The van der Waals surface area contributed by atoms with Crippen LogP contribution in [0, 0.1) is 0 Å². The number of nitrogens with zero attached hydrogens (tertiary/aromatic N) is 3. The van der Waals surface area contributed by atoms with Gasteiger partial charge in [-0.05, 0) is 42.9 Å². The van der Waals surface area contributed by atoms with Crippen LogP contribution in [0.5, 0.6) is 0 Å². The van der Waals surface area contributed by atoms with E-state index < -0.39 is 0 Å². The molecule has 3 nitrogen and oxygen atoms in total. The molecule has 2 heterocycles. The third-order valence-electron chi connectivity index (χ3n) is 2.91. The van der Waals surface area contributed by atoms with Crippen LogP contribution in [0.1, 0.15) is 25.1 Å². The molecule has 1 aliphatic rings. The Bertz CT molecular complexity index is 321. The minimum Gasteiger partial charge on any atom is -0.323 e. The molecule has 1 atom stereocenters. The quantitative estimate of drug-likeness (QED) is 0.809. The zero-order chi connectivity index (χ0) is 10.1. The lowest BCUT2D eigenvalue weighted by molar-refractivity contribution is 0.407. The maximum atomic E-state index is 4.49. The first-order chi connectivity index (χ1) is 6.72. The van der Waals surface area contributed by atoms with E-state index in [1.54, 1.807) is 0 Å². The molecule has 0 aliphatic carbocycles. The van der Waals surface area contributed by atoms with Crippen LogP contribution in [0.15, 0.2) is 10.8 Å². The second-order valence-corrected chi connectivity index (χ2v) is 4.74. The summed E-state index contributed by atoms with van der Waals surface area (Å²) in [6.07, 6.45) is 3.15. The Kier molecular flexibility index (Phi) is 2.93. The molecular weight excluding hydrogens is 242 g/mol. The maximum Gasteiger partial charge on any atom is 0.113 e. The van der Waals surface area contributed by atoms with Gasteiger partial charge in [0, 0.05) is 19.0 Å². The van der Waals surface area contributed by atoms with Gasteiger partial charge in [0.15, 0.2) is 0 Å². The first kappa shape index (κ1) is 10.2. The summed E-state index contributed by atoms with van der Waals surface area (Å²) in [5.41, 5.74) is 0. The molecule has 0 aromatic carbocycles. The van der Waals surface area contributed by atoms with Crippen molar-refractivity contribution in [2.45, 2.75) is 25.8 Å². The Morgan fingerprint density at radius 2 is 2.43 bits per heavy atom. The van der Waals surface area contributed by atoms with Crippen LogP contribution in [0.25, 0.3) is 0 Å². The Morgan fingerprint density at radius 1 is 1.64 bits per heavy atom. The first-order valence-electron chi connectivity index (χ1n) is 5.11. The standard InChI is InChI=1S/C10H16BrN3/c1-3-14-9(11)6-12-10(14)8-4-5-13(2)7-8/h6,8H,3-5,7H2,1-2H3. The highest BCUT2D eigenvalue weighted by Gasteiger charge is 2.25. The van der Waals surface area contributed by atoms with E-state index in [1.807, 2.05) is 6.20 Å². The molecule has 1 aliphatic heterocycles. The minimum atomic E-state index is 0.617. The number of halogens is 1. The van der Waals surface area contributed by atoms with E-state index in [0.29, 0.717) is 5.92 Å². The Labute approximate surface area is 93.2 Å². The number of hydrogen-bond donors (Lipinski definition) is 0. The SMILES string of the molecule is CCn1c(Br)cnc1C1CCN(C)C1. The van der Waals surface area contributed by atoms with E-state index >= 15 is 0 Å². The molecule has 1 saturated heterocycles. The minimum absolute atomic E-state index is 0.617. The summed E-state index contributed by atoms with van der Waals surface area (Å²) in [5, 5.41) is 0. The van der Waals surface area contributed by atoms with Crippen molar-refractivity contribution in [3.8, 4) is 0 Å². The first-order valence-corrected chi connectivity index (χ1v) is 5.91. The van der Waals surface area contributed by atoms with Gasteiger partial charge in [-0.25, -0.2) is 4.98 Å². The van der Waals surface area contributed by atoms with Crippen LogP contribution in [0.4, 0.5) is 0 Å². The van der Waals surface area contributed by atoms with Crippen molar-refractivity contribution in [1.82, 2.24) is 14.5 Å². The molecule has 0 saturated carbocycles. The Balaban J connectivity index is 2.23. The number of rotatable bonds is 2. The number of likely N-dealkylation sites (tertiary alicyclic amines) is 1. The van der Waals surface area contributed by atoms with Gasteiger partial charge in [0.2, 0.25) is 0 Å². The van der Waals surface area contributed by atoms with Gasteiger partial charge in [0.25, 0.3) is 0 Å². The lowest BCUT2D eigenvalue weighted by Gasteiger charge is -2.12. The van der Waals surface area contributed by atoms with Gasteiger partial charge in [-0.15, -0.1) is 0 Å². The van der Waals surface area contributed by atoms with Crippen molar-refractivity contribution in [1.29, 1.82) is 0 Å². The highest BCUT2D eigenvalue weighted by atomic mass is 79.9. The summed E-state index contributed by atoms with van der Waals surface area (Å²) in [6, 6.07) is 0. The fourth-order valence-corrected chi connectivity index (χ4v) is 2.69. The second kappa shape index (κ2) is 4.03. The lowest BCUT2D eigenvalue weighted by Crippen LogP contribution is -2.15. The van der Waals surface area contributed by atoms with Crippen LogP contribution in [-0.2, 0) is 6.54 Å². The molecule has 0 amide bonds. The zero-order valence-electron chi connectivity index (χ0n) is 8.70. The number of hydrogen-bond acceptors (Lipinski definition) is 2. The van der Waals surface area contributed by atoms with Gasteiger partial charge in [-0.1, -0.05) is 0 Å². The van der Waals surface area contributed by atoms with Crippen molar-refractivity contribution in [3.63, 3.8) is 0 Å². The monoisotopic (exact) mass is 257 g/mol. The van der Waals surface area contributed by atoms with Crippen LogP contribution in [0.3, 0.4) is 0 Å². The van der Waals surface area contributed by atoms with E-state index in [9.17, 15) is 0 Å². The fraction of sp³-hybridized carbons (Fsp3) is 0.700. The summed E-state index contributed by atoms with van der Waals surface area (Å²) in [7, 11) is 2.17. The molecule has 1 fully saturated rings. The van der Waals surface area contributed by atoms with Crippen molar-refractivity contribution in [2.24, 2.45) is 0 Å². The highest BCUT2D eigenvalue weighted by Crippen LogP contribution is 2.27. The van der Waals surface area contributed by atoms with Crippen LogP contribution >= 0.6 is 15.9 Å². The van der Waals surface area contributed by atoms with Crippen molar-refractivity contribution >= 4 is 15.9 Å². The topological polar surface area (TPSA) is 21.1 Å². The van der Waals surface area contributed by atoms with Gasteiger partial charge < -0.3 is 9.47 Å². The third kappa shape index (κ3) is 1.73. The predicted octanol–water partition coefficient (Wildman–Crippen LogP) is 2.08. The summed E-state index contributed by atoms with van der Waals surface area (Å²) in [6.45, 7) is 5.49.